The first-order valence-corrected chi connectivity index (χ1v) is 8.34. The molecule has 0 aliphatic rings. The number of methoxy groups -OCH3 is 3. The van der Waals surface area contributed by atoms with Gasteiger partial charge in [-0.25, -0.2) is 0 Å². The van der Waals surface area contributed by atoms with E-state index in [0.717, 1.165) is 16.7 Å². The molecular formula is C22H24O4. The molecule has 0 saturated heterocycles. The highest BCUT2D eigenvalue weighted by Crippen LogP contribution is 2.38. The normalized spacial score (nSPS) is 11.1. The van der Waals surface area contributed by atoms with Crippen LogP contribution in [0.2, 0.25) is 0 Å². The zero-order valence-electron chi connectivity index (χ0n) is 15.6. The van der Waals surface area contributed by atoms with Crippen LogP contribution in [0.15, 0.2) is 48.6 Å². The Hall–Kier alpha value is -3.01. The Morgan fingerprint density at radius 1 is 0.962 bits per heavy atom. The van der Waals surface area contributed by atoms with Crippen LogP contribution in [0.25, 0.3) is 12.2 Å². The van der Waals surface area contributed by atoms with Gasteiger partial charge in [0.05, 0.1) is 21.3 Å². The lowest BCUT2D eigenvalue weighted by molar-refractivity contribution is -0.114. The van der Waals surface area contributed by atoms with Crippen LogP contribution in [-0.2, 0) is 11.2 Å². The molecule has 0 aliphatic heterocycles. The number of ketones is 1. The molecule has 4 heteroatoms. The number of allylic oxidation sites excluding steroid dienone is 2. The summed E-state index contributed by atoms with van der Waals surface area (Å²) in [6.07, 6.45) is 7.68. The highest BCUT2D eigenvalue weighted by molar-refractivity contribution is 5.92. The van der Waals surface area contributed by atoms with E-state index in [2.05, 4.69) is 0 Å². The van der Waals surface area contributed by atoms with E-state index in [0.29, 0.717) is 23.7 Å². The lowest BCUT2D eigenvalue weighted by Crippen LogP contribution is -2.00. The van der Waals surface area contributed by atoms with E-state index < -0.39 is 0 Å². The second-order valence-electron chi connectivity index (χ2n) is 5.63. The van der Waals surface area contributed by atoms with Gasteiger partial charge in [0.15, 0.2) is 17.3 Å². The van der Waals surface area contributed by atoms with Crippen molar-refractivity contribution in [3.05, 3.63) is 65.2 Å². The van der Waals surface area contributed by atoms with Gasteiger partial charge in [0.1, 0.15) is 0 Å². The van der Waals surface area contributed by atoms with Crippen molar-refractivity contribution in [3.63, 3.8) is 0 Å². The largest absolute Gasteiger partial charge is 0.493 e. The number of benzene rings is 2. The van der Waals surface area contributed by atoms with Crippen LogP contribution in [0.1, 0.15) is 23.6 Å². The van der Waals surface area contributed by atoms with Gasteiger partial charge in [-0.05, 0) is 41.8 Å². The minimum absolute atomic E-state index is 0.0844. The van der Waals surface area contributed by atoms with Gasteiger partial charge in [-0.3, -0.25) is 4.79 Å². The third-order valence-electron chi connectivity index (χ3n) is 3.91. The minimum atomic E-state index is 0.0844. The van der Waals surface area contributed by atoms with Crippen molar-refractivity contribution < 1.29 is 19.0 Å². The first-order valence-electron chi connectivity index (χ1n) is 8.34. The fourth-order valence-corrected chi connectivity index (χ4v) is 2.67. The van der Waals surface area contributed by atoms with Crippen molar-refractivity contribution in [3.8, 4) is 17.2 Å². The molecule has 0 N–H and O–H groups in total. The lowest BCUT2D eigenvalue weighted by atomic mass is 10.0. The van der Waals surface area contributed by atoms with Crippen LogP contribution >= 0.6 is 0 Å². The summed E-state index contributed by atoms with van der Waals surface area (Å²) >= 11 is 0. The van der Waals surface area contributed by atoms with Crippen LogP contribution in [0.5, 0.6) is 17.2 Å². The lowest BCUT2D eigenvalue weighted by Gasteiger charge is -2.13. The van der Waals surface area contributed by atoms with E-state index in [9.17, 15) is 4.79 Å². The van der Waals surface area contributed by atoms with Crippen molar-refractivity contribution in [2.75, 3.05) is 21.3 Å². The molecular weight excluding hydrogens is 328 g/mol. The van der Waals surface area contributed by atoms with Crippen LogP contribution < -0.4 is 14.2 Å². The third kappa shape index (κ3) is 4.76. The molecule has 0 fully saturated rings. The van der Waals surface area contributed by atoms with Gasteiger partial charge < -0.3 is 14.2 Å². The summed E-state index contributed by atoms with van der Waals surface area (Å²) in [5.41, 5.74) is 2.90. The van der Waals surface area contributed by atoms with Crippen LogP contribution in [-0.4, -0.2) is 27.1 Å². The van der Waals surface area contributed by atoms with Gasteiger partial charge in [0.25, 0.3) is 0 Å². The van der Waals surface area contributed by atoms with Crippen LogP contribution in [0.4, 0.5) is 0 Å². The van der Waals surface area contributed by atoms with Gasteiger partial charge in [-0.2, -0.15) is 0 Å². The minimum Gasteiger partial charge on any atom is -0.493 e. The monoisotopic (exact) mass is 352 g/mol. The van der Waals surface area contributed by atoms with Crippen molar-refractivity contribution in [1.29, 1.82) is 0 Å². The highest BCUT2D eigenvalue weighted by Gasteiger charge is 2.12. The maximum absolute atomic E-state index is 11.9. The maximum atomic E-state index is 11.9. The van der Waals surface area contributed by atoms with E-state index in [1.165, 1.54) is 0 Å². The molecule has 0 heterocycles. The van der Waals surface area contributed by atoms with Crippen molar-refractivity contribution >= 4 is 17.9 Å². The Bertz CT molecular complexity index is 794. The zero-order chi connectivity index (χ0) is 18.9. The number of rotatable bonds is 8. The topological polar surface area (TPSA) is 44.8 Å². The molecule has 0 atom stereocenters. The number of hydrogen-bond acceptors (Lipinski definition) is 4. The molecule has 2 rings (SSSR count). The Morgan fingerprint density at radius 2 is 1.62 bits per heavy atom. The van der Waals surface area contributed by atoms with Gasteiger partial charge in [-0.15, -0.1) is 0 Å². The summed E-state index contributed by atoms with van der Waals surface area (Å²) in [4.78, 5) is 11.9. The average molecular weight is 352 g/mol. The fourth-order valence-electron chi connectivity index (χ4n) is 2.67. The zero-order valence-corrected chi connectivity index (χ0v) is 15.6. The van der Waals surface area contributed by atoms with Crippen LogP contribution in [0, 0.1) is 0 Å². The second-order valence-corrected chi connectivity index (χ2v) is 5.63. The first kappa shape index (κ1) is 19.3. The summed E-state index contributed by atoms with van der Waals surface area (Å²) in [6, 6.07) is 11.6. The molecule has 2 aromatic carbocycles. The van der Waals surface area contributed by atoms with Gasteiger partial charge in [-0.1, -0.05) is 42.5 Å². The molecule has 136 valence electrons. The standard InChI is InChI=1S/C22H24O4/c1-5-8-19(23)15-18-10-7-6-9-17(18)12-11-16-13-20(24-2)22(26-4)21(14-16)25-3/h5-14H,15H2,1-4H3/b8-5+,12-11-. The summed E-state index contributed by atoms with van der Waals surface area (Å²) in [7, 11) is 4.76. The molecule has 0 aliphatic carbocycles. The molecule has 0 spiro atoms. The van der Waals surface area contributed by atoms with E-state index in [-0.39, 0.29) is 5.78 Å². The Morgan fingerprint density at radius 3 is 2.19 bits per heavy atom. The molecule has 0 radical (unpaired) electrons. The molecule has 0 unspecified atom stereocenters. The number of hydrogen-bond donors (Lipinski definition) is 0. The van der Waals surface area contributed by atoms with Gasteiger partial charge in [0.2, 0.25) is 5.75 Å². The predicted molar refractivity (Wildman–Crippen MR) is 105 cm³/mol. The maximum Gasteiger partial charge on any atom is 0.203 e. The summed E-state index contributed by atoms with van der Waals surface area (Å²) in [5.74, 6) is 1.84. The Labute approximate surface area is 154 Å². The van der Waals surface area contributed by atoms with Crippen molar-refractivity contribution in [1.82, 2.24) is 0 Å². The quantitative estimate of drug-likeness (QED) is 0.516. The third-order valence-corrected chi connectivity index (χ3v) is 3.91. The number of carbonyl (C=O) groups is 1. The van der Waals surface area contributed by atoms with Crippen molar-refractivity contribution in [2.45, 2.75) is 13.3 Å². The second kappa shape index (κ2) is 9.47. The molecule has 0 amide bonds. The molecule has 0 aromatic heterocycles. The van der Waals surface area contributed by atoms with Crippen molar-refractivity contribution in [2.24, 2.45) is 0 Å². The predicted octanol–water partition coefficient (Wildman–Crippen LogP) is 4.57. The summed E-state index contributed by atoms with van der Waals surface area (Å²) in [6.45, 7) is 1.84. The number of ether oxygens (including phenoxy) is 3. The molecule has 0 bridgehead atoms. The SMILES string of the molecule is C/C=C/C(=O)Cc1ccccc1/C=C\c1cc(OC)c(OC)c(OC)c1. The highest BCUT2D eigenvalue weighted by atomic mass is 16.5. The Kier molecular flexibility index (Phi) is 7.03. The first-order chi connectivity index (χ1) is 12.6. The molecule has 4 nitrogen and oxygen atoms in total. The van der Waals surface area contributed by atoms with E-state index in [4.69, 9.17) is 14.2 Å². The molecule has 0 saturated carbocycles. The average Bonchev–Trinajstić information content (AvgIpc) is 2.66. The van der Waals surface area contributed by atoms with Gasteiger partial charge >= 0.3 is 0 Å². The van der Waals surface area contributed by atoms with Gasteiger partial charge in [0, 0.05) is 6.42 Å². The Balaban J connectivity index is 2.34. The molecule has 2 aromatic rings. The van der Waals surface area contributed by atoms with E-state index in [1.54, 1.807) is 33.5 Å². The van der Waals surface area contributed by atoms with E-state index in [1.807, 2.05) is 55.5 Å². The fraction of sp³-hybridized carbons (Fsp3) is 0.227. The van der Waals surface area contributed by atoms with Crippen LogP contribution in [0.3, 0.4) is 0 Å². The molecule has 26 heavy (non-hydrogen) atoms. The van der Waals surface area contributed by atoms with E-state index >= 15 is 0 Å². The smallest absolute Gasteiger partial charge is 0.203 e. The number of carbonyl (C=O) groups excluding carboxylic acids is 1. The summed E-state index contributed by atoms with van der Waals surface area (Å²) in [5, 5.41) is 0. The summed E-state index contributed by atoms with van der Waals surface area (Å²) < 4.78 is 16.1.